The highest BCUT2D eigenvalue weighted by Gasteiger charge is 2.21. The maximum atomic E-state index is 12.5. The summed E-state index contributed by atoms with van der Waals surface area (Å²) in [6, 6.07) is 18.3. The van der Waals surface area contributed by atoms with Crippen LogP contribution >= 0.6 is 11.6 Å². The van der Waals surface area contributed by atoms with Crippen LogP contribution in [0.4, 0.5) is 5.69 Å². The average Bonchev–Trinajstić information content (AvgIpc) is 2.67. The number of nitrogens with zero attached hydrogens (tertiary/aromatic N) is 3. The molecular formula is C21H26ClN3O. The van der Waals surface area contributed by atoms with Crippen LogP contribution in [0, 0.1) is 0 Å². The first-order chi connectivity index (χ1) is 12.6. The summed E-state index contributed by atoms with van der Waals surface area (Å²) in [5.74, 6) is 0.246. The summed E-state index contributed by atoms with van der Waals surface area (Å²) in [6.07, 6.45) is 0.570. The van der Waals surface area contributed by atoms with Crippen molar-refractivity contribution in [3.63, 3.8) is 0 Å². The summed E-state index contributed by atoms with van der Waals surface area (Å²) in [7, 11) is 2.07. The lowest BCUT2D eigenvalue weighted by atomic mass is 10.2. The molecule has 0 unspecified atom stereocenters. The number of hydrogen-bond acceptors (Lipinski definition) is 3. The highest BCUT2D eigenvalue weighted by molar-refractivity contribution is 6.30. The number of hydrogen-bond donors (Lipinski definition) is 0. The van der Waals surface area contributed by atoms with Gasteiger partial charge in [0.05, 0.1) is 0 Å². The second-order valence-electron chi connectivity index (χ2n) is 6.82. The number of rotatable bonds is 6. The van der Waals surface area contributed by atoms with E-state index in [1.54, 1.807) is 0 Å². The predicted octanol–water partition coefficient (Wildman–Crippen LogP) is 3.51. The van der Waals surface area contributed by atoms with Crippen molar-refractivity contribution in [2.24, 2.45) is 0 Å². The molecule has 1 fully saturated rings. The fraction of sp³-hybridized carbons (Fsp3) is 0.381. The third-order valence-electron chi connectivity index (χ3n) is 4.81. The maximum absolute atomic E-state index is 12.5. The van der Waals surface area contributed by atoms with E-state index < -0.39 is 0 Å². The number of carbonyl (C=O) groups excluding carboxylic acids is 1. The van der Waals surface area contributed by atoms with E-state index >= 15 is 0 Å². The molecule has 1 amide bonds. The van der Waals surface area contributed by atoms with Crippen LogP contribution in [0.15, 0.2) is 54.6 Å². The van der Waals surface area contributed by atoms with Crippen molar-refractivity contribution in [3.05, 3.63) is 65.2 Å². The first-order valence-corrected chi connectivity index (χ1v) is 9.50. The molecule has 2 aromatic rings. The van der Waals surface area contributed by atoms with Crippen molar-refractivity contribution in [3.8, 4) is 0 Å². The quantitative estimate of drug-likeness (QED) is 0.777. The largest absolute Gasteiger partial charge is 0.368 e. The van der Waals surface area contributed by atoms with Crippen LogP contribution in [0.1, 0.15) is 12.0 Å². The minimum atomic E-state index is 0.246. The predicted molar refractivity (Wildman–Crippen MR) is 108 cm³/mol. The Kier molecular flexibility index (Phi) is 6.53. The van der Waals surface area contributed by atoms with E-state index in [-0.39, 0.29) is 5.91 Å². The van der Waals surface area contributed by atoms with Gasteiger partial charge in [-0.05, 0) is 30.8 Å². The van der Waals surface area contributed by atoms with E-state index in [2.05, 4.69) is 35.0 Å². The molecule has 1 aliphatic rings. The van der Waals surface area contributed by atoms with Gasteiger partial charge in [0.15, 0.2) is 0 Å². The highest BCUT2D eigenvalue weighted by atomic mass is 35.5. The van der Waals surface area contributed by atoms with Crippen molar-refractivity contribution in [1.29, 1.82) is 0 Å². The minimum absolute atomic E-state index is 0.246. The first-order valence-electron chi connectivity index (χ1n) is 9.12. The van der Waals surface area contributed by atoms with Gasteiger partial charge < -0.3 is 14.7 Å². The Morgan fingerprint density at radius 1 is 1.04 bits per heavy atom. The van der Waals surface area contributed by atoms with Gasteiger partial charge >= 0.3 is 0 Å². The van der Waals surface area contributed by atoms with Crippen LogP contribution in [0.3, 0.4) is 0 Å². The lowest BCUT2D eigenvalue weighted by Gasteiger charge is -2.36. The highest BCUT2D eigenvalue weighted by Crippen LogP contribution is 2.21. The topological polar surface area (TPSA) is 26.8 Å². The minimum Gasteiger partial charge on any atom is -0.368 e. The number of halogens is 1. The van der Waals surface area contributed by atoms with E-state index in [4.69, 9.17) is 11.6 Å². The molecule has 0 aliphatic carbocycles. The summed E-state index contributed by atoms with van der Waals surface area (Å²) in [5, 5.41) is 0.752. The standard InChI is InChI=1S/C21H26ClN3O/c1-23(17-18-6-3-2-4-7-18)11-10-21(26)25-14-12-24(13-15-25)20-9-5-8-19(22)16-20/h2-9,16H,10-15,17H2,1H3. The van der Waals surface area contributed by atoms with E-state index in [1.807, 2.05) is 41.3 Å². The third-order valence-corrected chi connectivity index (χ3v) is 5.04. The van der Waals surface area contributed by atoms with Gasteiger partial charge in [0, 0.05) is 56.4 Å². The molecule has 1 heterocycles. The van der Waals surface area contributed by atoms with Crippen LogP contribution in [0.5, 0.6) is 0 Å². The SMILES string of the molecule is CN(CCC(=O)N1CCN(c2cccc(Cl)c2)CC1)Cc1ccccc1. The van der Waals surface area contributed by atoms with Gasteiger partial charge in [0.1, 0.15) is 0 Å². The number of piperazine rings is 1. The summed E-state index contributed by atoms with van der Waals surface area (Å²) in [5.41, 5.74) is 2.41. The maximum Gasteiger partial charge on any atom is 0.223 e. The summed E-state index contributed by atoms with van der Waals surface area (Å²) < 4.78 is 0. The van der Waals surface area contributed by atoms with E-state index in [9.17, 15) is 4.79 Å². The summed E-state index contributed by atoms with van der Waals surface area (Å²) >= 11 is 6.08. The average molecular weight is 372 g/mol. The molecule has 2 aromatic carbocycles. The zero-order valence-corrected chi connectivity index (χ0v) is 16.0. The normalized spacial score (nSPS) is 14.7. The van der Waals surface area contributed by atoms with Crippen molar-refractivity contribution < 1.29 is 4.79 Å². The van der Waals surface area contributed by atoms with Crippen LogP contribution in [-0.2, 0) is 11.3 Å². The summed E-state index contributed by atoms with van der Waals surface area (Å²) in [6.45, 7) is 4.90. The van der Waals surface area contributed by atoms with Crippen molar-refractivity contribution >= 4 is 23.2 Å². The van der Waals surface area contributed by atoms with Gasteiger partial charge in [-0.25, -0.2) is 0 Å². The molecule has 0 radical (unpaired) electrons. The molecule has 0 saturated carbocycles. The van der Waals surface area contributed by atoms with Crippen LogP contribution < -0.4 is 4.90 Å². The number of anilines is 1. The monoisotopic (exact) mass is 371 g/mol. The molecular weight excluding hydrogens is 346 g/mol. The van der Waals surface area contributed by atoms with Gasteiger partial charge in [0.25, 0.3) is 0 Å². The molecule has 0 spiro atoms. The molecule has 0 N–H and O–H groups in total. The smallest absolute Gasteiger partial charge is 0.223 e. The molecule has 138 valence electrons. The molecule has 3 rings (SSSR count). The lowest BCUT2D eigenvalue weighted by Crippen LogP contribution is -2.49. The molecule has 0 atom stereocenters. The van der Waals surface area contributed by atoms with Gasteiger partial charge in [-0.15, -0.1) is 0 Å². The van der Waals surface area contributed by atoms with Crippen molar-refractivity contribution in [2.75, 3.05) is 44.7 Å². The molecule has 0 bridgehead atoms. The number of carbonyl (C=O) groups is 1. The zero-order chi connectivity index (χ0) is 18.4. The molecule has 0 aromatic heterocycles. The Hall–Kier alpha value is -2.04. The number of amides is 1. The molecule has 1 saturated heterocycles. The van der Waals surface area contributed by atoms with Crippen LogP contribution in [0.2, 0.25) is 5.02 Å². The fourth-order valence-corrected chi connectivity index (χ4v) is 3.49. The van der Waals surface area contributed by atoms with Crippen LogP contribution in [0.25, 0.3) is 0 Å². The lowest BCUT2D eigenvalue weighted by molar-refractivity contribution is -0.131. The van der Waals surface area contributed by atoms with Gasteiger partial charge in [-0.3, -0.25) is 4.79 Å². The molecule has 5 heteroatoms. The number of benzene rings is 2. The molecule has 4 nitrogen and oxygen atoms in total. The Morgan fingerprint density at radius 2 is 1.77 bits per heavy atom. The molecule has 1 aliphatic heterocycles. The van der Waals surface area contributed by atoms with E-state index in [1.165, 1.54) is 5.56 Å². The van der Waals surface area contributed by atoms with Gasteiger partial charge in [0.2, 0.25) is 5.91 Å². The zero-order valence-electron chi connectivity index (χ0n) is 15.3. The van der Waals surface area contributed by atoms with E-state index in [0.29, 0.717) is 6.42 Å². The van der Waals surface area contributed by atoms with E-state index in [0.717, 1.165) is 50.0 Å². The Morgan fingerprint density at radius 3 is 2.46 bits per heavy atom. The Bertz CT molecular complexity index is 714. The fourth-order valence-electron chi connectivity index (χ4n) is 3.31. The second-order valence-corrected chi connectivity index (χ2v) is 7.26. The van der Waals surface area contributed by atoms with Crippen molar-refractivity contribution in [2.45, 2.75) is 13.0 Å². The Labute approximate surface area is 161 Å². The first kappa shape index (κ1) is 18.7. The third kappa shape index (κ3) is 5.23. The molecule has 26 heavy (non-hydrogen) atoms. The second kappa shape index (κ2) is 9.06. The Balaban J connectivity index is 1.42. The van der Waals surface area contributed by atoms with Gasteiger partial charge in [-0.1, -0.05) is 48.0 Å². The van der Waals surface area contributed by atoms with Gasteiger partial charge in [-0.2, -0.15) is 0 Å². The van der Waals surface area contributed by atoms with Crippen molar-refractivity contribution in [1.82, 2.24) is 9.80 Å². The summed E-state index contributed by atoms with van der Waals surface area (Å²) in [4.78, 5) is 19.0. The van der Waals surface area contributed by atoms with Crippen LogP contribution in [-0.4, -0.2) is 55.5 Å².